The highest BCUT2D eigenvalue weighted by molar-refractivity contribution is 5.81. The second-order valence-electron chi connectivity index (χ2n) is 6.71. The summed E-state index contributed by atoms with van der Waals surface area (Å²) in [6, 6.07) is -1.99. The van der Waals surface area contributed by atoms with E-state index in [1.165, 1.54) is 4.90 Å². The summed E-state index contributed by atoms with van der Waals surface area (Å²) in [6.07, 6.45) is 0.0670. The van der Waals surface area contributed by atoms with Crippen molar-refractivity contribution in [2.45, 2.75) is 50.9 Å². The Morgan fingerprint density at radius 2 is 1.62 bits per heavy atom. The number of rotatable bonds is 5. The van der Waals surface area contributed by atoms with Crippen molar-refractivity contribution in [3.63, 3.8) is 0 Å². The van der Waals surface area contributed by atoms with Crippen molar-refractivity contribution in [1.82, 2.24) is 20.4 Å². The van der Waals surface area contributed by atoms with E-state index in [4.69, 9.17) is 0 Å². The van der Waals surface area contributed by atoms with Gasteiger partial charge in [-0.15, -0.1) is 0 Å². The van der Waals surface area contributed by atoms with E-state index in [0.717, 1.165) is 38.8 Å². The molecule has 2 rings (SSSR count). The van der Waals surface area contributed by atoms with Gasteiger partial charge >= 0.3 is 6.18 Å². The summed E-state index contributed by atoms with van der Waals surface area (Å²) in [7, 11) is 0. The summed E-state index contributed by atoms with van der Waals surface area (Å²) in [5.74, 6) is -0.304. The number of likely N-dealkylation sites (tertiary alicyclic amines) is 1. The van der Waals surface area contributed by atoms with Gasteiger partial charge in [-0.3, -0.25) is 14.6 Å². The Bertz CT molecular complexity index is 391. The minimum Gasteiger partial charge on any atom is -0.353 e. The van der Waals surface area contributed by atoms with Crippen LogP contribution in [0.4, 0.5) is 13.2 Å². The van der Waals surface area contributed by atoms with Crippen molar-refractivity contribution in [1.29, 1.82) is 0 Å². The zero-order chi connectivity index (χ0) is 17.6. The lowest BCUT2D eigenvalue weighted by atomic mass is 10.2. The summed E-state index contributed by atoms with van der Waals surface area (Å²) in [6.45, 7) is 4.89. The molecular formula is C16H29F3N4O. The van der Waals surface area contributed by atoms with Gasteiger partial charge in [0.15, 0.2) is 0 Å². The maximum absolute atomic E-state index is 13.3. The average molecular weight is 350 g/mol. The Balaban J connectivity index is 1.88. The lowest BCUT2D eigenvalue weighted by Crippen LogP contribution is -2.58. The highest BCUT2D eigenvalue weighted by Gasteiger charge is 2.44. The van der Waals surface area contributed by atoms with Crippen LogP contribution in [-0.4, -0.2) is 79.8 Å². The van der Waals surface area contributed by atoms with E-state index >= 15 is 0 Å². The highest BCUT2D eigenvalue weighted by Crippen LogP contribution is 2.25. The number of piperazine rings is 1. The molecule has 2 aliphatic heterocycles. The number of nitrogens with one attached hydrogen (secondary N) is 2. The monoisotopic (exact) mass is 350 g/mol. The molecule has 140 valence electrons. The predicted molar refractivity (Wildman–Crippen MR) is 86.8 cm³/mol. The number of hydrogen-bond acceptors (Lipinski definition) is 4. The van der Waals surface area contributed by atoms with Crippen LogP contribution < -0.4 is 10.6 Å². The van der Waals surface area contributed by atoms with Gasteiger partial charge in [-0.2, -0.15) is 13.2 Å². The summed E-state index contributed by atoms with van der Waals surface area (Å²) in [5.41, 5.74) is 0. The van der Waals surface area contributed by atoms with Crippen LogP contribution in [0.2, 0.25) is 0 Å². The Morgan fingerprint density at radius 1 is 1.04 bits per heavy atom. The third kappa shape index (κ3) is 5.60. The number of nitrogens with zero attached hydrogens (tertiary/aromatic N) is 2. The molecule has 2 fully saturated rings. The van der Waals surface area contributed by atoms with E-state index in [1.54, 1.807) is 6.92 Å². The molecule has 0 aromatic rings. The highest BCUT2D eigenvalue weighted by atomic mass is 19.4. The maximum Gasteiger partial charge on any atom is 0.405 e. The van der Waals surface area contributed by atoms with Crippen molar-refractivity contribution in [2.75, 3.05) is 45.8 Å². The molecule has 24 heavy (non-hydrogen) atoms. The van der Waals surface area contributed by atoms with Crippen LogP contribution in [0.3, 0.4) is 0 Å². The third-order valence-electron chi connectivity index (χ3n) is 5.01. The van der Waals surface area contributed by atoms with Gasteiger partial charge in [-0.25, -0.2) is 0 Å². The first-order valence-corrected chi connectivity index (χ1v) is 8.93. The minimum atomic E-state index is -4.34. The summed E-state index contributed by atoms with van der Waals surface area (Å²) in [4.78, 5) is 15.8. The molecule has 2 N–H and O–H groups in total. The quantitative estimate of drug-likeness (QED) is 0.782. The van der Waals surface area contributed by atoms with Gasteiger partial charge in [-0.05, 0) is 32.9 Å². The third-order valence-corrected chi connectivity index (χ3v) is 5.01. The fourth-order valence-corrected chi connectivity index (χ4v) is 3.44. The standard InChI is InChI=1S/C16H29F3N4O/c1-13(22-8-4-2-3-5-9-22)15(24)21-12-14(16(17,18)19)23-10-6-20-7-11-23/h13-14,20H,2-12H2,1H3,(H,21,24). The van der Waals surface area contributed by atoms with Crippen molar-refractivity contribution < 1.29 is 18.0 Å². The molecular weight excluding hydrogens is 321 g/mol. The minimum absolute atomic E-state index is 0.304. The summed E-state index contributed by atoms with van der Waals surface area (Å²) >= 11 is 0. The van der Waals surface area contributed by atoms with Crippen LogP contribution in [-0.2, 0) is 4.79 Å². The van der Waals surface area contributed by atoms with Gasteiger partial charge in [0.1, 0.15) is 6.04 Å². The Kier molecular flexibility index (Phi) is 7.31. The molecule has 2 heterocycles. The number of carbonyl (C=O) groups excluding carboxylic acids is 1. The van der Waals surface area contributed by atoms with Crippen LogP contribution in [0.15, 0.2) is 0 Å². The molecule has 2 aliphatic rings. The largest absolute Gasteiger partial charge is 0.405 e. The van der Waals surface area contributed by atoms with Gasteiger partial charge in [-0.1, -0.05) is 12.8 Å². The number of alkyl halides is 3. The van der Waals surface area contributed by atoms with Crippen molar-refractivity contribution >= 4 is 5.91 Å². The van der Waals surface area contributed by atoms with E-state index in [1.807, 2.05) is 0 Å². The predicted octanol–water partition coefficient (Wildman–Crippen LogP) is 1.20. The molecule has 1 amide bonds. The topological polar surface area (TPSA) is 47.6 Å². The lowest BCUT2D eigenvalue weighted by molar-refractivity contribution is -0.184. The molecule has 2 atom stereocenters. The molecule has 8 heteroatoms. The smallest absolute Gasteiger partial charge is 0.353 e. The first kappa shape index (κ1) is 19.5. The molecule has 0 aromatic heterocycles. The second-order valence-corrected chi connectivity index (χ2v) is 6.71. The number of carbonyl (C=O) groups is 1. The first-order valence-electron chi connectivity index (χ1n) is 8.93. The SMILES string of the molecule is CC(C(=O)NCC(N1CCNCC1)C(F)(F)F)N1CCCCCC1. The van der Waals surface area contributed by atoms with Crippen LogP contribution >= 0.6 is 0 Å². The van der Waals surface area contributed by atoms with Gasteiger partial charge in [0, 0.05) is 32.7 Å². The molecule has 5 nitrogen and oxygen atoms in total. The maximum atomic E-state index is 13.3. The van der Waals surface area contributed by atoms with Crippen molar-refractivity contribution in [3.8, 4) is 0 Å². The van der Waals surface area contributed by atoms with Gasteiger partial charge in [0.05, 0.1) is 6.04 Å². The van der Waals surface area contributed by atoms with Gasteiger partial charge in [0.2, 0.25) is 5.91 Å². The molecule has 2 saturated heterocycles. The van der Waals surface area contributed by atoms with E-state index in [-0.39, 0.29) is 18.5 Å². The summed E-state index contributed by atoms with van der Waals surface area (Å²) < 4.78 is 40.0. The van der Waals surface area contributed by atoms with Crippen LogP contribution in [0.25, 0.3) is 0 Å². The van der Waals surface area contributed by atoms with Crippen molar-refractivity contribution in [3.05, 3.63) is 0 Å². The van der Waals surface area contributed by atoms with E-state index in [9.17, 15) is 18.0 Å². The zero-order valence-corrected chi connectivity index (χ0v) is 14.4. The van der Waals surface area contributed by atoms with E-state index in [0.29, 0.717) is 26.2 Å². The molecule has 0 aliphatic carbocycles. The van der Waals surface area contributed by atoms with Crippen LogP contribution in [0, 0.1) is 0 Å². The number of amides is 1. The second kappa shape index (κ2) is 9.01. The Morgan fingerprint density at radius 3 is 2.17 bits per heavy atom. The average Bonchev–Trinajstić information content (AvgIpc) is 2.83. The molecule has 0 radical (unpaired) electrons. The summed E-state index contributed by atoms with van der Waals surface area (Å²) in [5, 5.41) is 5.59. The lowest BCUT2D eigenvalue weighted by Gasteiger charge is -2.36. The molecule has 0 saturated carbocycles. The van der Waals surface area contributed by atoms with Crippen molar-refractivity contribution in [2.24, 2.45) is 0 Å². The van der Waals surface area contributed by atoms with Gasteiger partial charge in [0.25, 0.3) is 0 Å². The molecule has 0 spiro atoms. The normalized spacial score (nSPS) is 24.2. The molecule has 2 unspecified atom stereocenters. The molecule has 0 bridgehead atoms. The fraction of sp³-hybridized carbons (Fsp3) is 0.938. The number of halogens is 3. The Hall–Kier alpha value is -0.860. The van der Waals surface area contributed by atoms with Gasteiger partial charge < -0.3 is 10.6 Å². The van der Waals surface area contributed by atoms with Crippen LogP contribution in [0.5, 0.6) is 0 Å². The zero-order valence-electron chi connectivity index (χ0n) is 14.4. The van der Waals surface area contributed by atoms with Crippen LogP contribution in [0.1, 0.15) is 32.6 Å². The van der Waals surface area contributed by atoms with E-state index in [2.05, 4.69) is 15.5 Å². The Labute approximate surface area is 141 Å². The van der Waals surface area contributed by atoms with E-state index < -0.39 is 12.2 Å². The fourth-order valence-electron chi connectivity index (χ4n) is 3.44. The first-order chi connectivity index (χ1) is 11.4. The number of hydrogen-bond donors (Lipinski definition) is 2. The molecule has 0 aromatic carbocycles.